The number of amides is 3. The van der Waals surface area contributed by atoms with Gasteiger partial charge in [-0.25, -0.2) is 4.39 Å². The van der Waals surface area contributed by atoms with Gasteiger partial charge in [-0.2, -0.15) is 0 Å². The summed E-state index contributed by atoms with van der Waals surface area (Å²) in [6.45, 7) is 5.12. The highest BCUT2D eigenvalue weighted by Gasteiger charge is 2.28. The van der Waals surface area contributed by atoms with Crippen molar-refractivity contribution in [2.75, 3.05) is 26.2 Å². The standard InChI is InChI=1S/C24H28FN3O3/c1-16-5-8-18(9-6-16)24(31)28-13-3-4-20(15-28)23(30)27-12-11-26-22(29)19-10-7-17(2)21(25)14-19/h5-10,14,20H,3-4,11-13,15H2,1-2H3,(H,26,29)(H,27,30). The maximum atomic E-state index is 13.6. The maximum Gasteiger partial charge on any atom is 0.253 e. The van der Waals surface area contributed by atoms with Crippen LogP contribution >= 0.6 is 0 Å². The molecule has 0 aliphatic carbocycles. The second-order valence-electron chi connectivity index (χ2n) is 7.97. The van der Waals surface area contributed by atoms with Gasteiger partial charge in [-0.1, -0.05) is 23.8 Å². The average Bonchev–Trinajstić information content (AvgIpc) is 2.78. The molecular weight excluding hydrogens is 397 g/mol. The summed E-state index contributed by atoms with van der Waals surface area (Å²) in [4.78, 5) is 39.1. The monoisotopic (exact) mass is 425 g/mol. The van der Waals surface area contributed by atoms with E-state index in [1.54, 1.807) is 24.0 Å². The summed E-state index contributed by atoms with van der Waals surface area (Å²) in [6, 6.07) is 11.7. The second kappa shape index (κ2) is 10.2. The predicted molar refractivity (Wildman–Crippen MR) is 116 cm³/mol. The molecule has 1 atom stereocenters. The van der Waals surface area contributed by atoms with Crippen molar-refractivity contribution in [2.24, 2.45) is 5.92 Å². The molecule has 0 saturated carbocycles. The highest BCUT2D eigenvalue weighted by molar-refractivity contribution is 5.95. The molecule has 164 valence electrons. The highest BCUT2D eigenvalue weighted by Crippen LogP contribution is 2.19. The van der Waals surface area contributed by atoms with Crippen LogP contribution in [-0.2, 0) is 4.79 Å². The topological polar surface area (TPSA) is 78.5 Å². The lowest BCUT2D eigenvalue weighted by Crippen LogP contribution is -2.46. The summed E-state index contributed by atoms with van der Waals surface area (Å²) >= 11 is 0. The van der Waals surface area contributed by atoms with Gasteiger partial charge in [0, 0.05) is 37.3 Å². The number of likely N-dealkylation sites (tertiary alicyclic amines) is 1. The van der Waals surface area contributed by atoms with Crippen LogP contribution in [-0.4, -0.2) is 48.8 Å². The minimum atomic E-state index is -0.428. The molecule has 7 heteroatoms. The zero-order valence-corrected chi connectivity index (χ0v) is 17.9. The number of aryl methyl sites for hydroxylation is 2. The Bertz CT molecular complexity index is 959. The maximum absolute atomic E-state index is 13.6. The van der Waals surface area contributed by atoms with Gasteiger partial charge in [0.25, 0.3) is 11.8 Å². The van der Waals surface area contributed by atoms with Gasteiger partial charge in [0.05, 0.1) is 5.92 Å². The van der Waals surface area contributed by atoms with Crippen molar-refractivity contribution < 1.29 is 18.8 Å². The van der Waals surface area contributed by atoms with E-state index in [1.165, 1.54) is 6.07 Å². The Balaban J connectivity index is 1.44. The number of rotatable bonds is 6. The second-order valence-corrected chi connectivity index (χ2v) is 7.97. The summed E-state index contributed by atoms with van der Waals surface area (Å²) in [7, 11) is 0. The minimum absolute atomic E-state index is 0.0601. The van der Waals surface area contributed by atoms with E-state index in [0.717, 1.165) is 18.4 Å². The van der Waals surface area contributed by atoms with E-state index in [-0.39, 0.29) is 42.3 Å². The van der Waals surface area contributed by atoms with Crippen LogP contribution in [0.1, 0.15) is 44.7 Å². The third kappa shape index (κ3) is 5.90. The number of carbonyl (C=O) groups is 3. The van der Waals surface area contributed by atoms with E-state index in [4.69, 9.17) is 0 Å². The number of nitrogens with zero attached hydrogens (tertiary/aromatic N) is 1. The Hall–Kier alpha value is -3.22. The quantitative estimate of drug-likeness (QED) is 0.699. The molecule has 2 aromatic carbocycles. The molecular formula is C24H28FN3O3. The molecule has 1 saturated heterocycles. The Morgan fingerprint density at radius 3 is 2.39 bits per heavy atom. The number of piperidine rings is 1. The minimum Gasteiger partial charge on any atom is -0.354 e. The first-order chi connectivity index (χ1) is 14.8. The van der Waals surface area contributed by atoms with Crippen molar-refractivity contribution in [3.8, 4) is 0 Å². The van der Waals surface area contributed by atoms with Crippen molar-refractivity contribution in [3.63, 3.8) is 0 Å². The molecule has 1 unspecified atom stereocenters. The molecule has 0 radical (unpaired) electrons. The van der Waals surface area contributed by atoms with Crippen LogP contribution in [0.4, 0.5) is 4.39 Å². The zero-order chi connectivity index (χ0) is 22.4. The molecule has 0 aromatic heterocycles. The third-order valence-electron chi connectivity index (χ3n) is 5.52. The van der Waals surface area contributed by atoms with E-state index < -0.39 is 5.82 Å². The molecule has 2 N–H and O–H groups in total. The van der Waals surface area contributed by atoms with E-state index >= 15 is 0 Å². The van der Waals surface area contributed by atoms with Crippen molar-refractivity contribution >= 4 is 17.7 Å². The molecule has 3 rings (SSSR count). The third-order valence-corrected chi connectivity index (χ3v) is 5.52. The molecule has 0 spiro atoms. The van der Waals surface area contributed by atoms with Crippen LogP contribution in [0.3, 0.4) is 0 Å². The van der Waals surface area contributed by atoms with Crippen LogP contribution in [0.15, 0.2) is 42.5 Å². The Kier molecular flexibility index (Phi) is 7.39. The van der Waals surface area contributed by atoms with Gasteiger partial charge < -0.3 is 15.5 Å². The fourth-order valence-corrected chi connectivity index (χ4v) is 3.60. The molecule has 0 bridgehead atoms. The Morgan fingerprint density at radius 2 is 1.68 bits per heavy atom. The molecule has 1 heterocycles. The fraction of sp³-hybridized carbons (Fsp3) is 0.375. The first kappa shape index (κ1) is 22.5. The smallest absolute Gasteiger partial charge is 0.253 e. The number of benzene rings is 2. The summed E-state index contributed by atoms with van der Waals surface area (Å²) < 4.78 is 13.6. The van der Waals surface area contributed by atoms with Crippen molar-refractivity contribution in [3.05, 3.63) is 70.5 Å². The summed E-state index contributed by atoms with van der Waals surface area (Å²) in [5.74, 6) is -1.28. The van der Waals surface area contributed by atoms with E-state index in [1.807, 2.05) is 31.2 Å². The summed E-state index contributed by atoms with van der Waals surface area (Å²) in [6.07, 6.45) is 1.49. The van der Waals surface area contributed by atoms with Gasteiger partial charge in [0.15, 0.2) is 0 Å². The highest BCUT2D eigenvalue weighted by atomic mass is 19.1. The van der Waals surface area contributed by atoms with Crippen LogP contribution in [0.25, 0.3) is 0 Å². The van der Waals surface area contributed by atoms with E-state index in [0.29, 0.717) is 24.2 Å². The van der Waals surface area contributed by atoms with Crippen molar-refractivity contribution in [1.29, 1.82) is 0 Å². The first-order valence-electron chi connectivity index (χ1n) is 10.5. The van der Waals surface area contributed by atoms with Crippen LogP contribution in [0, 0.1) is 25.6 Å². The van der Waals surface area contributed by atoms with E-state index in [9.17, 15) is 18.8 Å². The number of hydrogen-bond acceptors (Lipinski definition) is 3. The number of nitrogens with one attached hydrogen (secondary N) is 2. The van der Waals surface area contributed by atoms with Gasteiger partial charge in [0.1, 0.15) is 5.82 Å². The number of carbonyl (C=O) groups excluding carboxylic acids is 3. The molecule has 1 fully saturated rings. The van der Waals surface area contributed by atoms with Gasteiger partial charge in [-0.15, -0.1) is 0 Å². The van der Waals surface area contributed by atoms with Crippen molar-refractivity contribution in [2.45, 2.75) is 26.7 Å². The summed E-state index contributed by atoms with van der Waals surface area (Å²) in [5.41, 5.74) is 2.44. The Morgan fingerprint density at radius 1 is 1.00 bits per heavy atom. The van der Waals surface area contributed by atoms with E-state index in [2.05, 4.69) is 10.6 Å². The Labute approximate surface area is 181 Å². The molecule has 1 aliphatic heterocycles. The zero-order valence-electron chi connectivity index (χ0n) is 17.9. The molecule has 2 aromatic rings. The lowest BCUT2D eigenvalue weighted by atomic mass is 9.96. The number of hydrogen-bond donors (Lipinski definition) is 2. The van der Waals surface area contributed by atoms with Crippen LogP contribution in [0.5, 0.6) is 0 Å². The summed E-state index contributed by atoms with van der Waals surface area (Å²) in [5, 5.41) is 5.49. The average molecular weight is 426 g/mol. The van der Waals surface area contributed by atoms with Gasteiger partial charge >= 0.3 is 0 Å². The SMILES string of the molecule is Cc1ccc(C(=O)N2CCCC(C(=O)NCCNC(=O)c3ccc(C)c(F)c3)C2)cc1. The molecule has 1 aliphatic rings. The van der Waals surface area contributed by atoms with Crippen molar-refractivity contribution in [1.82, 2.24) is 15.5 Å². The van der Waals surface area contributed by atoms with Gasteiger partial charge in [0.2, 0.25) is 5.91 Å². The lowest BCUT2D eigenvalue weighted by Gasteiger charge is -2.32. The van der Waals surface area contributed by atoms with Gasteiger partial charge in [-0.3, -0.25) is 14.4 Å². The molecule has 3 amide bonds. The largest absolute Gasteiger partial charge is 0.354 e. The molecule has 31 heavy (non-hydrogen) atoms. The van der Waals surface area contributed by atoms with Crippen LogP contribution in [0.2, 0.25) is 0 Å². The lowest BCUT2D eigenvalue weighted by molar-refractivity contribution is -0.126. The number of halogens is 1. The fourth-order valence-electron chi connectivity index (χ4n) is 3.60. The molecule has 6 nitrogen and oxygen atoms in total. The van der Waals surface area contributed by atoms with Gasteiger partial charge in [-0.05, 0) is 56.5 Å². The normalized spacial score (nSPS) is 16.0. The predicted octanol–water partition coefficient (Wildman–Crippen LogP) is 2.84. The van der Waals surface area contributed by atoms with Crippen LogP contribution < -0.4 is 10.6 Å². The first-order valence-corrected chi connectivity index (χ1v) is 10.5.